The van der Waals surface area contributed by atoms with E-state index >= 15 is 0 Å². The SMILES string of the molecule is CC(CCCCCCCCC(=O)OC(C)(C)C)O[Si](C)(C)C(C)(C)C. The molecule has 0 N–H and O–H groups in total. The van der Waals surface area contributed by atoms with Crippen molar-refractivity contribution in [1.29, 1.82) is 0 Å². The Morgan fingerprint density at radius 3 is 1.84 bits per heavy atom. The van der Waals surface area contributed by atoms with E-state index in [2.05, 4.69) is 40.8 Å². The molecule has 0 aliphatic rings. The fourth-order valence-electron chi connectivity index (χ4n) is 2.54. The lowest BCUT2D eigenvalue weighted by Crippen LogP contribution is -2.43. The third-order valence-corrected chi connectivity index (χ3v) is 9.57. The van der Waals surface area contributed by atoms with E-state index in [1.54, 1.807) is 0 Å². The molecule has 0 aromatic heterocycles. The predicted octanol–water partition coefficient (Wildman–Crippen LogP) is 6.86. The summed E-state index contributed by atoms with van der Waals surface area (Å²) in [7, 11) is -1.63. The standard InChI is InChI=1S/C21H44O3Si/c1-18(24-25(8,9)21(5,6)7)16-14-12-10-11-13-15-17-19(22)23-20(2,3)4/h18H,10-17H2,1-9H3. The van der Waals surface area contributed by atoms with Crippen LogP contribution in [-0.2, 0) is 14.0 Å². The van der Waals surface area contributed by atoms with Crippen LogP contribution in [0.15, 0.2) is 0 Å². The maximum atomic E-state index is 11.6. The summed E-state index contributed by atoms with van der Waals surface area (Å²) < 4.78 is 11.7. The average Bonchev–Trinajstić information content (AvgIpc) is 2.37. The Morgan fingerprint density at radius 1 is 0.880 bits per heavy atom. The first kappa shape index (κ1) is 24.6. The molecule has 0 aliphatic heterocycles. The van der Waals surface area contributed by atoms with Gasteiger partial charge in [-0.15, -0.1) is 0 Å². The van der Waals surface area contributed by atoms with Crippen molar-refractivity contribution in [2.75, 3.05) is 0 Å². The fraction of sp³-hybridized carbons (Fsp3) is 0.952. The molecule has 0 aromatic rings. The maximum absolute atomic E-state index is 11.6. The Kier molecular flexibility index (Phi) is 10.6. The molecule has 0 rings (SSSR count). The Bertz CT molecular complexity index is 378. The second-order valence-corrected chi connectivity index (χ2v) is 14.7. The van der Waals surface area contributed by atoms with Crippen LogP contribution in [0.5, 0.6) is 0 Å². The van der Waals surface area contributed by atoms with Crippen molar-refractivity contribution in [3.8, 4) is 0 Å². The Balaban J connectivity index is 3.66. The molecule has 0 fully saturated rings. The Hall–Kier alpha value is -0.353. The van der Waals surface area contributed by atoms with Crippen LogP contribution in [0.4, 0.5) is 0 Å². The minimum Gasteiger partial charge on any atom is -0.460 e. The molecule has 0 aromatic carbocycles. The van der Waals surface area contributed by atoms with Gasteiger partial charge in [0.1, 0.15) is 5.60 Å². The summed E-state index contributed by atoms with van der Waals surface area (Å²) in [6.07, 6.45) is 9.10. The van der Waals surface area contributed by atoms with Crippen molar-refractivity contribution in [3.63, 3.8) is 0 Å². The van der Waals surface area contributed by atoms with Crippen molar-refractivity contribution in [2.45, 2.75) is 130 Å². The summed E-state index contributed by atoms with van der Waals surface area (Å²) in [5, 5.41) is 0.287. The van der Waals surface area contributed by atoms with Crippen molar-refractivity contribution < 1.29 is 14.0 Å². The molecule has 0 bridgehead atoms. The van der Waals surface area contributed by atoms with Crippen LogP contribution >= 0.6 is 0 Å². The molecule has 25 heavy (non-hydrogen) atoms. The summed E-state index contributed by atoms with van der Waals surface area (Å²) in [6, 6.07) is 0. The van der Waals surface area contributed by atoms with Crippen LogP contribution in [0.2, 0.25) is 18.1 Å². The van der Waals surface area contributed by atoms with Gasteiger partial charge in [-0.2, -0.15) is 0 Å². The first-order valence-electron chi connectivity index (χ1n) is 10.1. The van der Waals surface area contributed by atoms with E-state index < -0.39 is 8.32 Å². The highest BCUT2D eigenvalue weighted by Crippen LogP contribution is 2.37. The largest absolute Gasteiger partial charge is 0.460 e. The summed E-state index contributed by atoms with van der Waals surface area (Å²) in [4.78, 5) is 11.6. The van der Waals surface area contributed by atoms with E-state index in [9.17, 15) is 4.79 Å². The molecule has 0 saturated carbocycles. The van der Waals surface area contributed by atoms with E-state index in [4.69, 9.17) is 9.16 Å². The second-order valence-electron chi connectivity index (χ2n) is 9.94. The maximum Gasteiger partial charge on any atom is 0.306 e. The Morgan fingerprint density at radius 2 is 1.36 bits per heavy atom. The van der Waals surface area contributed by atoms with Gasteiger partial charge in [-0.05, 0) is 58.7 Å². The molecule has 0 saturated heterocycles. The summed E-state index contributed by atoms with van der Waals surface area (Å²) in [5.41, 5.74) is -0.361. The van der Waals surface area contributed by atoms with Gasteiger partial charge in [0.15, 0.2) is 8.32 Å². The minimum atomic E-state index is -1.63. The highest BCUT2D eigenvalue weighted by Gasteiger charge is 2.38. The van der Waals surface area contributed by atoms with Crippen molar-refractivity contribution in [2.24, 2.45) is 0 Å². The Labute approximate surface area is 158 Å². The van der Waals surface area contributed by atoms with E-state index in [-0.39, 0.29) is 16.6 Å². The molecule has 0 spiro atoms. The summed E-state index contributed by atoms with van der Waals surface area (Å²) >= 11 is 0. The lowest BCUT2D eigenvalue weighted by Gasteiger charge is -2.38. The van der Waals surface area contributed by atoms with Crippen molar-refractivity contribution in [3.05, 3.63) is 0 Å². The molecule has 1 atom stereocenters. The van der Waals surface area contributed by atoms with Crippen LogP contribution in [0, 0.1) is 0 Å². The zero-order valence-electron chi connectivity index (χ0n) is 18.5. The molecule has 0 radical (unpaired) electrons. The molecule has 150 valence electrons. The zero-order chi connectivity index (χ0) is 19.7. The number of hydrogen-bond donors (Lipinski definition) is 0. The first-order valence-corrected chi connectivity index (χ1v) is 13.0. The van der Waals surface area contributed by atoms with Gasteiger partial charge in [0.2, 0.25) is 0 Å². The monoisotopic (exact) mass is 372 g/mol. The fourth-order valence-corrected chi connectivity index (χ4v) is 4.02. The number of hydrogen-bond acceptors (Lipinski definition) is 3. The van der Waals surface area contributed by atoms with Gasteiger partial charge in [-0.25, -0.2) is 0 Å². The molecular weight excluding hydrogens is 328 g/mol. The molecule has 0 amide bonds. The van der Waals surface area contributed by atoms with Gasteiger partial charge in [0.25, 0.3) is 0 Å². The first-order chi connectivity index (χ1) is 11.2. The molecule has 0 aliphatic carbocycles. The molecule has 1 unspecified atom stereocenters. The number of unbranched alkanes of at least 4 members (excludes halogenated alkanes) is 5. The van der Waals surface area contributed by atoms with Crippen LogP contribution in [0.1, 0.15) is 99.8 Å². The predicted molar refractivity (Wildman–Crippen MR) is 111 cm³/mol. The van der Waals surface area contributed by atoms with Crippen molar-refractivity contribution >= 4 is 14.3 Å². The molecule has 3 nitrogen and oxygen atoms in total. The number of ether oxygens (including phenoxy) is 1. The quantitative estimate of drug-likeness (QED) is 0.226. The van der Waals surface area contributed by atoms with Gasteiger partial charge >= 0.3 is 5.97 Å². The minimum absolute atomic E-state index is 0.0656. The number of rotatable bonds is 11. The highest BCUT2D eigenvalue weighted by molar-refractivity contribution is 6.74. The second kappa shape index (κ2) is 10.7. The third-order valence-electron chi connectivity index (χ3n) is 4.96. The highest BCUT2D eigenvalue weighted by atomic mass is 28.4. The van der Waals surface area contributed by atoms with Crippen LogP contribution in [0.25, 0.3) is 0 Å². The van der Waals surface area contributed by atoms with E-state index in [0.717, 1.165) is 19.3 Å². The molecular formula is C21H44O3Si. The van der Waals surface area contributed by atoms with Gasteiger partial charge in [0, 0.05) is 12.5 Å². The van der Waals surface area contributed by atoms with Crippen LogP contribution in [-0.4, -0.2) is 26.0 Å². The average molecular weight is 373 g/mol. The normalized spacial score (nSPS) is 14.4. The van der Waals surface area contributed by atoms with Gasteiger partial charge in [-0.3, -0.25) is 4.79 Å². The van der Waals surface area contributed by atoms with Gasteiger partial charge in [-0.1, -0.05) is 52.9 Å². The number of esters is 1. The summed E-state index contributed by atoms with van der Waals surface area (Å²) in [5.74, 6) is -0.0656. The topological polar surface area (TPSA) is 35.5 Å². The smallest absolute Gasteiger partial charge is 0.306 e. The zero-order valence-corrected chi connectivity index (χ0v) is 19.5. The van der Waals surface area contributed by atoms with E-state index in [1.807, 2.05) is 20.8 Å². The lowest BCUT2D eigenvalue weighted by molar-refractivity contribution is -0.154. The molecule has 0 heterocycles. The van der Waals surface area contributed by atoms with Crippen LogP contribution < -0.4 is 0 Å². The third kappa shape index (κ3) is 12.6. The van der Waals surface area contributed by atoms with Gasteiger partial charge in [0.05, 0.1) is 0 Å². The number of carbonyl (C=O) groups excluding carboxylic acids is 1. The van der Waals surface area contributed by atoms with E-state index in [1.165, 1.54) is 25.7 Å². The van der Waals surface area contributed by atoms with Gasteiger partial charge < -0.3 is 9.16 Å². The lowest BCUT2D eigenvalue weighted by atomic mass is 10.1. The van der Waals surface area contributed by atoms with Crippen LogP contribution in [0.3, 0.4) is 0 Å². The van der Waals surface area contributed by atoms with Crippen molar-refractivity contribution in [1.82, 2.24) is 0 Å². The number of carbonyl (C=O) groups is 1. The summed E-state index contributed by atoms with van der Waals surface area (Å²) in [6.45, 7) is 19.5. The molecule has 4 heteroatoms. The van der Waals surface area contributed by atoms with E-state index in [0.29, 0.717) is 12.5 Å².